The molecule has 2 saturated carbocycles. The monoisotopic (exact) mass is 409 g/mol. The van der Waals surface area contributed by atoms with Gasteiger partial charge in [-0.25, -0.2) is 0 Å². The zero-order chi connectivity index (χ0) is 20.9. The molecule has 1 aromatic carbocycles. The topological polar surface area (TPSA) is 68.5 Å². The van der Waals surface area contributed by atoms with E-state index in [1.807, 2.05) is 18.2 Å². The molecule has 6 atom stereocenters. The molecule has 3 unspecified atom stereocenters. The Morgan fingerprint density at radius 3 is 2.83 bits per heavy atom. The van der Waals surface area contributed by atoms with Crippen molar-refractivity contribution < 1.29 is 19.0 Å². The van der Waals surface area contributed by atoms with Gasteiger partial charge in [-0.2, -0.15) is 5.26 Å². The van der Waals surface area contributed by atoms with E-state index in [9.17, 15) is 10.1 Å². The SMILES string of the molecule is COc1ccc2c(c1)CC[C@]1(C#N)C2C(=O)C[C@@]2(C)C1CC[C@@H]2OC1CCCCO1. The number of fused-ring (bicyclic) bond motifs is 5. The van der Waals surface area contributed by atoms with Gasteiger partial charge in [0.1, 0.15) is 11.5 Å². The zero-order valence-electron chi connectivity index (χ0n) is 18.0. The molecule has 0 bridgehead atoms. The van der Waals surface area contributed by atoms with Crippen molar-refractivity contribution in [2.24, 2.45) is 16.7 Å². The second-order valence-electron chi connectivity index (χ2n) is 9.85. The van der Waals surface area contributed by atoms with Crippen molar-refractivity contribution in [2.75, 3.05) is 13.7 Å². The first-order chi connectivity index (χ1) is 14.5. The van der Waals surface area contributed by atoms with Gasteiger partial charge in [0.05, 0.1) is 30.6 Å². The Kier molecular flexibility index (Phi) is 4.91. The quantitative estimate of drug-likeness (QED) is 0.733. The van der Waals surface area contributed by atoms with Crippen LogP contribution in [0.15, 0.2) is 18.2 Å². The van der Waals surface area contributed by atoms with E-state index in [1.165, 1.54) is 0 Å². The molecule has 30 heavy (non-hydrogen) atoms. The lowest BCUT2D eigenvalue weighted by molar-refractivity contribution is -0.214. The summed E-state index contributed by atoms with van der Waals surface area (Å²) in [6.07, 6.45) is 6.83. The van der Waals surface area contributed by atoms with E-state index in [2.05, 4.69) is 13.0 Å². The van der Waals surface area contributed by atoms with Gasteiger partial charge in [0.15, 0.2) is 6.29 Å². The second-order valence-corrected chi connectivity index (χ2v) is 9.85. The highest BCUT2D eigenvalue weighted by Crippen LogP contribution is 2.66. The first-order valence-electron chi connectivity index (χ1n) is 11.4. The third-order valence-electron chi connectivity index (χ3n) is 8.39. The van der Waals surface area contributed by atoms with Crippen molar-refractivity contribution in [3.05, 3.63) is 29.3 Å². The van der Waals surface area contributed by atoms with Crippen LogP contribution in [0.25, 0.3) is 0 Å². The molecule has 3 aliphatic carbocycles. The summed E-state index contributed by atoms with van der Waals surface area (Å²) < 4.78 is 17.7. The van der Waals surface area contributed by atoms with Crippen LogP contribution in [-0.2, 0) is 20.7 Å². The van der Waals surface area contributed by atoms with E-state index in [0.717, 1.165) is 68.4 Å². The summed E-state index contributed by atoms with van der Waals surface area (Å²) in [7, 11) is 1.66. The average molecular weight is 410 g/mol. The number of hydrogen-bond acceptors (Lipinski definition) is 5. The summed E-state index contributed by atoms with van der Waals surface area (Å²) in [5, 5.41) is 10.5. The van der Waals surface area contributed by atoms with Crippen LogP contribution in [0, 0.1) is 28.1 Å². The molecular formula is C25H31NO4. The maximum atomic E-state index is 13.6. The molecule has 0 amide bonds. The highest BCUT2D eigenvalue weighted by Gasteiger charge is 2.66. The minimum Gasteiger partial charge on any atom is -0.497 e. The number of benzene rings is 1. The van der Waals surface area contributed by atoms with Crippen LogP contribution < -0.4 is 4.74 Å². The summed E-state index contributed by atoms with van der Waals surface area (Å²) in [6.45, 7) is 2.94. The largest absolute Gasteiger partial charge is 0.497 e. The number of nitrogens with zero attached hydrogens (tertiary/aromatic N) is 1. The van der Waals surface area contributed by atoms with Gasteiger partial charge >= 0.3 is 0 Å². The molecule has 5 nitrogen and oxygen atoms in total. The van der Waals surface area contributed by atoms with Crippen molar-refractivity contribution in [1.29, 1.82) is 5.26 Å². The summed E-state index contributed by atoms with van der Waals surface area (Å²) in [5.41, 5.74) is 1.25. The van der Waals surface area contributed by atoms with E-state index >= 15 is 0 Å². The fourth-order valence-electron chi connectivity index (χ4n) is 6.99. The Hall–Kier alpha value is -1.90. The molecule has 1 aliphatic heterocycles. The van der Waals surface area contributed by atoms with Gasteiger partial charge in [0.25, 0.3) is 0 Å². The molecule has 1 saturated heterocycles. The Balaban J connectivity index is 1.49. The predicted octanol–water partition coefficient (Wildman–Crippen LogP) is 4.54. The minimum atomic E-state index is -0.642. The number of carbonyl (C=O) groups excluding carboxylic acids is 1. The fourth-order valence-corrected chi connectivity index (χ4v) is 6.99. The predicted molar refractivity (Wildman–Crippen MR) is 111 cm³/mol. The molecule has 0 radical (unpaired) electrons. The summed E-state index contributed by atoms with van der Waals surface area (Å²) in [6, 6.07) is 8.68. The van der Waals surface area contributed by atoms with Crippen LogP contribution in [0.3, 0.4) is 0 Å². The number of carbonyl (C=O) groups is 1. The Morgan fingerprint density at radius 2 is 2.10 bits per heavy atom. The molecule has 160 valence electrons. The number of rotatable bonds is 3. The number of Topliss-reactive ketones (excluding diaryl/α,β-unsaturated/α-hetero) is 1. The molecule has 1 aromatic rings. The molecule has 0 N–H and O–H groups in total. The van der Waals surface area contributed by atoms with Crippen molar-refractivity contribution in [3.63, 3.8) is 0 Å². The van der Waals surface area contributed by atoms with E-state index in [4.69, 9.17) is 14.2 Å². The lowest BCUT2D eigenvalue weighted by atomic mass is 9.47. The summed E-state index contributed by atoms with van der Waals surface area (Å²) >= 11 is 0. The summed E-state index contributed by atoms with van der Waals surface area (Å²) in [5.74, 6) is 0.844. The van der Waals surface area contributed by atoms with Gasteiger partial charge in [0, 0.05) is 18.4 Å². The lowest BCUT2D eigenvalue weighted by Gasteiger charge is -2.54. The number of ether oxygens (including phenoxy) is 3. The first-order valence-corrected chi connectivity index (χ1v) is 11.4. The molecule has 1 heterocycles. The van der Waals surface area contributed by atoms with Crippen molar-refractivity contribution >= 4 is 5.78 Å². The molecule has 5 rings (SSSR count). The standard InChI is InChI=1S/C25H31NO4/c1-24-14-19(27)23-18-7-6-17(28-2)13-16(18)10-11-25(23,15-26)20(24)8-9-21(24)30-22-5-3-4-12-29-22/h6-7,13,20-23H,3-5,8-12,14H2,1-2H3/t20?,21-,22?,23?,24-,25+/m0/s1. The van der Waals surface area contributed by atoms with Crippen LogP contribution >= 0.6 is 0 Å². The van der Waals surface area contributed by atoms with E-state index in [0.29, 0.717) is 6.42 Å². The van der Waals surface area contributed by atoms with Gasteiger partial charge < -0.3 is 14.2 Å². The number of hydrogen-bond donors (Lipinski definition) is 0. The number of aryl methyl sites for hydroxylation is 1. The normalized spacial score (nSPS) is 40.1. The van der Waals surface area contributed by atoms with Crippen LogP contribution in [0.5, 0.6) is 5.75 Å². The molecule has 4 aliphatic rings. The fraction of sp³-hybridized carbons (Fsp3) is 0.680. The molecule has 0 aromatic heterocycles. The van der Waals surface area contributed by atoms with Gasteiger partial charge in [-0.15, -0.1) is 0 Å². The Bertz CT molecular complexity index is 886. The van der Waals surface area contributed by atoms with Crippen molar-refractivity contribution in [3.8, 4) is 11.8 Å². The molecule has 5 heteroatoms. The number of ketones is 1. The third-order valence-corrected chi connectivity index (χ3v) is 8.39. The summed E-state index contributed by atoms with van der Waals surface area (Å²) in [4.78, 5) is 13.6. The maximum absolute atomic E-state index is 13.6. The van der Waals surface area contributed by atoms with E-state index < -0.39 is 5.41 Å². The molecule has 0 spiro atoms. The smallest absolute Gasteiger partial charge is 0.157 e. The zero-order valence-corrected chi connectivity index (χ0v) is 18.0. The minimum absolute atomic E-state index is 0.0158. The Morgan fingerprint density at radius 1 is 1.23 bits per heavy atom. The maximum Gasteiger partial charge on any atom is 0.157 e. The van der Waals surface area contributed by atoms with Gasteiger partial charge in [0.2, 0.25) is 0 Å². The molecular weight excluding hydrogens is 378 g/mol. The number of nitriles is 1. The first kappa shape index (κ1) is 20.0. The van der Waals surface area contributed by atoms with E-state index in [-0.39, 0.29) is 35.4 Å². The highest BCUT2D eigenvalue weighted by molar-refractivity contribution is 5.90. The van der Waals surface area contributed by atoms with Crippen LogP contribution in [-0.4, -0.2) is 31.9 Å². The lowest BCUT2D eigenvalue weighted by Crippen LogP contribution is -2.55. The van der Waals surface area contributed by atoms with Gasteiger partial charge in [-0.3, -0.25) is 4.79 Å². The van der Waals surface area contributed by atoms with Crippen LogP contribution in [0.2, 0.25) is 0 Å². The second kappa shape index (κ2) is 7.35. The average Bonchev–Trinajstić information content (AvgIpc) is 3.09. The van der Waals surface area contributed by atoms with Gasteiger partial charge in [-0.05, 0) is 74.1 Å². The Labute approximate surface area is 178 Å². The van der Waals surface area contributed by atoms with E-state index in [1.54, 1.807) is 7.11 Å². The molecule has 3 fully saturated rings. The van der Waals surface area contributed by atoms with Crippen LogP contribution in [0.1, 0.15) is 68.9 Å². The highest BCUT2D eigenvalue weighted by atomic mass is 16.7. The third kappa shape index (κ3) is 2.84. The van der Waals surface area contributed by atoms with Crippen molar-refractivity contribution in [1.82, 2.24) is 0 Å². The van der Waals surface area contributed by atoms with Gasteiger partial charge in [-0.1, -0.05) is 13.0 Å². The van der Waals surface area contributed by atoms with Crippen molar-refractivity contribution in [2.45, 2.75) is 76.6 Å². The number of methoxy groups -OCH3 is 1. The van der Waals surface area contributed by atoms with Crippen LogP contribution in [0.4, 0.5) is 0 Å².